The smallest absolute Gasteiger partial charge is 0.265 e. The van der Waals surface area contributed by atoms with Gasteiger partial charge in [0.2, 0.25) is 0 Å². The Morgan fingerprint density at radius 2 is 2.03 bits per heavy atom. The Balaban J connectivity index is 0.00000289. The first-order valence-corrected chi connectivity index (χ1v) is 11.4. The lowest BCUT2D eigenvalue weighted by Crippen LogP contribution is -2.27. The van der Waals surface area contributed by atoms with E-state index in [1.165, 1.54) is 4.40 Å². The van der Waals surface area contributed by atoms with Crippen LogP contribution in [-0.2, 0) is 5.75 Å². The standard InChI is InChI=1S/C24H24N4O2S.ClH/c1-16(2)18-5-7-21-20(12-18)24(30)28-14-19(6-8-22(28)27-21)23(29)26-10-11-31-15-17-4-3-9-25-13-17;/h3-9,12-14,16H,10-11,15H2,1-2H3,(H,26,29);1H. The van der Waals surface area contributed by atoms with E-state index in [4.69, 9.17) is 0 Å². The van der Waals surface area contributed by atoms with Crippen LogP contribution >= 0.6 is 24.2 Å². The molecule has 0 fully saturated rings. The van der Waals surface area contributed by atoms with Crippen molar-refractivity contribution in [1.82, 2.24) is 19.7 Å². The molecule has 166 valence electrons. The quantitative estimate of drug-likeness (QED) is 0.320. The molecule has 0 radical (unpaired) electrons. The Bertz CT molecular complexity index is 1290. The number of fused-ring (bicyclic) bond motifs is 2. The van der Waals surface area contributed by atoms with E-state index in [-0.39, 0.29) is 23.9 Å². The predicted octanol–water partition coefficient (Wildman–Crippen LogP) is 4.45. The highest BCUT2D eigenvalue weighted by atomic mass is 35.5. The number of carbonyl (C=O) groups excluding carboxylic acids is 1. The topological polar surface area (TPSA) is 76.4 Å². The zero-order valence-corrected chi connectivity index (χ0v) is 19.6. The van der Waals surface area contributed by atoms with Gasteiger partial charge in [0.1, 0.15) is 5.65 Å². The molecule has 0 aliphatic rings. The number of amides is 1. The van der Waals surface area contributed by atoms with Gasteiger partial charge in [-0.15, -0.1) is 12.4 Å². The van der Waals surface area contributed by atoms with Gasteiger partial charge in [-0.05, 0) is 47.4 Å². The summed E-state index contributed by atoms with van der Waals surface area (Å²) in [7, 11) is 0. The lowest BCUT2D eigenvalue weighted by molar-refractivity contribution is 0.0955. The van der Waals surface area contributed by atoms with Crippen LogP contribution in [0.25, 0.3) is 16.6 Å². The van der Waals surface area contributed by atoms with E-state index in [2.05, 4.69) is 29.1 Å². The van der Waals surface area contributed by atoms with Crippen molar-refractivity contribution in [1.29, 1.82) is 0 Å². The van der Waals surface area contributed by atoms with Gasteiger partial charge >= 0.3 is 0 Å². The third-order valence-electron chi connectivity index (χ3n) is 5.08. The van der Waals surface area contributed by atoms with Crippen LogP contribution in [0.15, 0.2) is 65.8 Å². The van der Waals surface area contributed by atoms with Gasteiger partial charge in [0.05, 0.1) is 16.5 Å². The van der Waals surface area contributed by atoms with E-state index in [1.807, 2.05) is 36.5 Å². The van der Waals surface area contributed by atoms with Gasteiger partial charge < -0.3 is 5.32 Å². The van der Waals surface area contributed by atoms with Crippen LogP contribution in [0.4, 0.5) is 0 Å². The molecule has 0 bridgehead atoms. The van der Waals surface area contributed by atoms with Crippen molar-refractivity contribution < 1.29 is 4.79 Å². The molecule has 0 saturated carbocycles. The van der Waals surface area contributed by atoms with E-state index in [1.54, 1.807) is 36.3 Å². The van der Waals surface area contributed by atoms with E-state index in [0.717, 1.165) is 22.6 Å². The van der Waals surface area contributed by atoms with Crippen LogP contribution in [0.5, 0.6) is 0 Å². The third-order valence-corrected chi connectivity index (χ3v) is 6.11. The Morgan fingerprint density at radius 3 is 2.78 bits per heavy atom. The molecule has 8 heteroatoms. The van der Waals surface area contributed by atoms with Crippen molar-refractivity contribution in [2.75, 3.05) is 12.3 Å². The molecule has 0 aliphatic carbocycles. The largest absolute Gasteiger partial charge is 0.351 e. The first kappa shape index (κ1) is 23.8. The molecular formula is C24H25ClN4O2S. The highest BCUT2D eigenvalue weighted by Gasteiger charge is 2.11. The summed E-state index contributed by atoms with van der Waals surface area (Å²) in [5.74, 6) is 1.76. The molecular weight excluding hydrogens is 444 g/mol. The van der Waals surface area contributed by atoms with Gasteiger partial charge in [-0.3, -0.25) is 19.0 Å². The number of benzene rings is 1. The SMILES string of the molecule is CC(C)c1ccc2nc3ccc(C(=O)NCCSCc4cccnc4)cn3c(=O)c2c1.Cl. The lowest BCUT2D eigenvalue weighted by atomic mass is 10.0. The summed E-state index contributed by atoms with van der Waals surface area (Å²) >= 11 is 1.73. The number of carbonyl (C=O) groups is 1. The number of thioether (sulfide) groups is 1. The minimum Gasteiger partial charge on any atom is -0.351 e. The number of rotatable bonds is 7. The second kappa shape index (κ2) is 10.6. The summed E-state index contributed by atoms with van der Waals surface area (Å²) in [5, 5.41) is 3.48. The molecule has 0 atom stereocenters. The number of hydrogen-bond acceptors (Lipinski definition) is 5. The number of hydrogen-bond donors (Lipinski definition) is 1. The minimum absolute atomic E-state index is 0. The third kappa shape index (κ3) is 5.29. The summed E-state index contributed by atoms with van der Waals surface area (Å²) < 4.78 is 1.46. The fourth-order valence-electron chi connectivity index (χ4n) is 3.33. The summed E-state index contributed by atoms with van der Waals surface area (Å²) in [6, 6.07) is 13.2. The fraction of sp³-hybridized carbons (Fsp3) is 0.250. The van der Waals surface area contributed by atoms with Crippen molar-refractivity contribution in [2.24, 2.45) is 0 Å². The molecule has 32 heavy (non-hydrogen) atoms. The van der Waals surface area contributed by atoms with Gasteiger partial charge in [-0.1, -0.05) is 26.0 Å². The van der Waals surface area contributed by atoms with Gasteiger partial charge in [0, 0.05) is 36.6 Å². The molecule has 0 unspecified atom stereocenters. The second-order valence-corrected chi connectivity index (χ2v) is 8.77. The van der Waals surface area contributed by atoms with E-state index >= 15 is 0 Å². The first-order valence-electron chi connectivity index (χ1n) is 10.2. The van der Waals surface area contributed by atoms with Gasteiger partial charge in [0.25, 0.3) is 11.5 Å². The molecule has 0 aliphatic heterocycles. The molecule has 1 N–H and O–H groups in total. The number of pyridine rings is 2. The van der Waals surface area contributed by atoms with E-state index in [9.17, 15) is 9.59 Å². The van der Waals surface area contributed by atoms with Crippen molar-refractivity contribution in [2.45, 2.75) is 25.5 Å². The normalized spacial score (nSPS) is 11.0. The molecule has 1 aromatic carbocycles. The Kier molecular flexibility index (Phi) is 7.88. The van der Waals surface area contributed by atoms with Crippen LogP contribution in [0.2, 0.25) is 0 Å². The van der Waals surface area contributed by atoms with Crippen LogP contribution in [0.3, 0.4) is 0 Å². The number of nitrogens with zero attached hydrogens (tertiary/aromatic N) is 3. The van der Waals surface area contributed by atoms with Crippen molar-refractivity contribution >= 4 is 46.6 Å². The summed E-state index contributed by atoms with van der Waals surface area (Å²) in [6.07, 6.45) is 5.18. The van der Waals surface area contributed by atoms with Crippen LogP contribution in [0, 0.1) is 0 Å². The van der Waals surface area contributed by atoms with E-state index < -0.39 is 0 Å². The lowest BCUT2D eigenvalue weighted by Gasteiger charge is -2.09. The molecule has 1 amide bonds. The second-order valence-electron chi connectivity index (χ2n) is 7.66. The Morgan fingerprint density at radius 1 is 1.19 bits per heavy atom. The Labute approximate surface area is 196 Å². The molecule has 4 aromatic rings. The zero-order chi connectivity index (χ0) is 21.8. The molecule has 0 spiro atoms. The number of halogens is 1. The van der Waals surface area contributed by atoms with Crippen LogP contribution in [0.1, 0.15) is 41.3 Å². The summed E-state index contributed by atoms with van der Waals surface area (Å²) in [4.78, 5) is 34.3. The van der Waals surface area contributed by atoms with Crippen LogP contribution in [-0.4, -0.2) is 32.6 Å². The zero-order valence-electron chi connectivity index (χ0n) is 17.9. The molecule has 6 nitrogen and oxygen atoms in total. The monoisotopic (exact) mass is 468 g/mol. The highest BCUT2D eigenvalue weighted by Crippen LogP contribution is 2.19. The maximum Gasteiger partial charge on any atom is 0.265 e. The van der Waals surface area contributed by atoms with Gasteiger partial charge in [-0.25, -0.2) is 4.98 Å². The number of nitrogens with one attached hydrogen (secondary N) is 1. The Hall–Kier alpha value is -2.90. The molecule has 3 heterocycles. The average molecular weight is 469 g/mol. The molecule has 3 aromatic heterocycles. The summed E-state index contributed by atoms with van der Waals surface area (Å²) in [5.41, 5.74) is 3.71. The number of aromatic nitrogens is 3. The van der Waals surface area contributed by atoms with Crippen molar-refractivity contribution in [3.8, 4) is 0 Å². The van der Waals surface area contributed by atoms with Gasteiger partial charge in [-0.2, -0.15) is 11.8 Å². The minimum atomic E-state index is -0.202. The predicted molar refractivity (Wildman–Crippen MR) is 133 cm³/mol. The van der Waals surface area contributed by atoms with E-state index in [0.29, 0.717) is 34.6 Å². The van der Waals surface area contributed by atoms with Crippen LogP contribution < -0.4 is 10.9 Å². The van der Waals surface area contributed by atoms with Crippen molar-refractivity contribution in [3.63, 3.8) is 0 Å². The maximum absolute atomic E-state index is 13.1. The van der Waals surface area contributed by atoms with Crippen molar-refractivity contribution in [3.05, 3.63) is 88.1 Å². The molecule has 4 rings (SSSR count). The summed E-state index contributed by atoms with van der Waals surface area (Å²) in [6.45, 7) is 4.72. The first-order chi connectivity index (χ1) is 15.0. The fourth-order valence-corrected chi connectivity index (χ4v) is 4.13. The molecule has 0 saturated heterocycles. The van der Waals surface area contributed by atoms with Gasteiger partial charge in [0.15, 0.2) is 0 Å². The highest BCUT2D eigenvalue weighted by molar-refractivity contribution is 7.98. The average Bonchev–Trinajstić information content (AvgIpc) is 2.79. The maximum atomic E-state index is 13.1.